The topological polar surface area (TPSA) is 62.1 Å². The van der Waals surface area contributed by atoms with E-state index < -0.39 is 5.97 Å². The Bertz CT molecular complexity index is 478. The van der Waals surface area contributed by atoms with Gasteiger partial charge in [0, 0.05) is 15.8 Å². The highest BCUT2D eigenvalue weighted by Gasteiger charge is 2.03. The first-order valence-corrected chi connectivity index (χ1v) is 6.05. The highest BCUT2D eigenvalue weighted by molar-refractivity contribution is 14.1. The predicted molar refractivity (Wildman–Crippen MR) is 73.3 cm³/mol. The van der Waals surface area contributed by atoms with Crippen LogP contribution in [0.25, 0.3) is 0 Å². The molecule has 0 unspecified atom stereocenters. The van der Waals surface area contributed by atoms with Crippen molar-refractivity contribution in [2.24, 2.45) is 0 Å². The summed E-state index contributed by atoms with van der Waals surface area (Å²) < 4.78 is 5.59. The zero-order valence-electron chi connectivity index (χ0n) is 9.24. The number of anilines is 1. The highest BCUT2D eigenvalue weighted by Crippen LogP contribution is 2.20. The summed E-state index contributed by atoms with van der Waals surface area (Å²) in [6.45, 7) is 2.09. The molecule has 0 saturated carbocycles. The molecule has 88 valence electrons. The molecule has 5 heteroatoms. The fourth-order valence-electron chi connectivity index (χ4n) is 1.15. The van der Waals surface area contributed by atoms with E-state index in [-0.39, 0.29) is 0 Å². The van der Waals surface area contributed by atoms with Crippen molar-refractivity contribution in [1.82, 2.24) is 0 Å². The fourth-order valence-corrected chi connectivity index (χ4v) is 1.77. The largest absolute Gasteiger partial charge is 0.463 e. The molecule has 0 amide bonds. The van der Waals surface area contributed by atoms with Crippen molar-refractivity contribution in [3.8, 4) is 6.07 Å². The van der Waals surface area contributed by atoms with Crippen LogP contribution in [0, 0.1) is 14.9 Å². The molecular weight excluding hydrogens is 331 g/mol. The van der Waals surface area contributed by atoms with Crippen LogP contribution in [0.5, 0.6) is 0 Å². The lowest BCUT2D eigenvalue weighted by Crippen LogP contribution is -2.01. The number of benzene rings is 1. The number of hydrogen-bond acceptors (Lipinski definition) is 4. The summed E-state index contributed by atoms with van der Waals surface area (Å²) >= 11 is 2.09. The summed E-state index contributed by atoms with van der Waals surface area (Å²) in [6, 6.07) is 7.56. The number of carbonyl (C=O) groups is 1. The number of nitriles is 1. The maximum Gasteiger partial charge on any atom is 0.332 e. The summed E-state index contributed by atoms with van der Waals surface area (Å²) in [7, 11) is 0. The maximum atomic E-state index is 11.0. The molecule has 0 spiro atoms. The maximum absolute atomic E-state index is 11.0. The zero-order valence-corrected chi connectivity index (χ0v) is 11.4. The Morgan fingerprint density at radius 2 is 2.41 bits per heavy atom. The van der Waals surface area contributed by atoms with Gasteiger partial charge in [-0.3, -0.25) is 0 Å². The highest BCUT2D eigenvalue weighted by atomic mass is 127. The molecule has 0 aromatic heterocycles. The second kappa shape index (κ2) is 6.91. The van der Waals surface area contributed by atoms with E-state index in [1.54, 1.807) is 13.0 Å². The van der Waals surface area contributed by atoms with Crippen LogP contribution in [0.1, 0.15) is 12.5 Å². The number of nitrogens with one attached hydrogen (secondary N) is 1. The average Bonchev–Trinajstić information content (AvgIpc) is 2.29. The Labute approximate surface area is 113 Å². The van der Waals surface area contributed by atoms with E-state index in [4.69, 9.17) is 10.00 Å². The average molecular weight is 342 g/mol. The van der Waals surface area contributed by atoms with Gasteiger partial charge >= 0.3 is 5.97 Å². The normalized spacial score (nSPS) is 9.94. The van der Waals surface area contributed by atoms with E-state index in [2.05, 4.69) is 34.0 Å². The van der Waals surface area contributed by atoms with E-state index in [0.717, 1.165) is 3.57 Å². The third-order valence-electron chi connectivity index (χ3n) is 1.87. The summed E-state index contributed by atoms with van der Waals surface area (Å²) in [5, 5.41) is 11.9. The summed E-state index contributed by atoms with van der Waals surface area (Å²) in [6.07, 6.45) is 2.74. The van der Waals surface area contributed by atoms with Crippen molar-refractivity contribution in [2.75, 3.05) is 11.9 Å². The molecule has 1 N–H and O–H groups in total. The molecule has 0 saturated heterocycles. The smallest absolute Gasteiger partial charge is 0.332 e. The number of halogens is 1. The molecule has 0 heterocycles. The van der Waals surface area contributed by atoms with Crippen LogP contribution in [-0.2, 0) is 9.53 Å². The Balaban J connectivity index is 2.74. The van der Waals surface area contributed by atoms with Crippen molar-refractivity contribution in [3.05, 3.63) is 39.6 Å². The van der Waals surface area contributed by atoms with Gasteiger partial charge in [-0.2, -0.15) is 5.26 Å². The molecule has 0 fully saturated rings. The standard InChI is InChI=1S/C12H11IN2O2/c1-2-17-12(16)6-7-15-11-5-3-4-10(13)9(11)8-14/h3-7,15H,2H2,1H3/b7-6+. The van der Waals surface area contributed by atoms with Gasteiger partial charge in [-0.05, 0) is 41.6 Å². The third kappa shape index (κ3) is 4.07. The minimum absolute atomic E-state index is 0.343. The number of hydrogen-bond donors (Lipinski definition) is 1. The van der Waals surface area contributed by atoms with E-state index in [1.165, 1.54) is 12.3 Å². The molecule has 0 radical (unpaired) electrons. The second-order valence-electron chi connectivity index (χ2n) is 3.00. The van der Waals surface area contributed by atoms with Crippen LogP contribution in [0.3, 0.4) is 0 Å². The summed E-state index contributed by atoms with van der Waals surface area (Å²) in [4.78, 5) is 11.0. The SMILES string of the molecule is CCOC(=O)/C=C/Nc1cccc(I)c1C#N. The molecule has 17 heavy (non-hydrogen) atoms. The van der Waals surface area contributed by atoms with Crippen molar-refractivity contribution < 1.29 is 9.53 Å². The van der Waals surface area contributed by atoms with E-state index in [9.17, 15) is 4.79 Å². The third-order valence-corrected chi connectivity index (χ3v) is 2.77. The lowest BCUT2D eigenvalue weighted by molar-refractivity contribution is -0.137. The molecule has 4 nitrogen and oxygen atoms in total. The van der Waals surface area contributed by atoms with Gasteiger partial charge in [-0.25, -0.2) is 4.79 Å². The van der Waals surface area contributed by atoms with E-state index in [1.807, 2.05) is 12.1 Å². The number of carbonyl (C=O) groups excluding carboxylic acids is 1. The van der Waals surface area contributed by atoms with Crippen LogP contribution in [0.2, 0.25) is 0 Å². The molecule has 0 aliphatic heterocycles. The number of esters is 1. The lowest BCUT2D eigenvalue weighted by Gasteiger charge is -2.04. The van der Waals surface area contributed by atoms with Gasteiger partial charge in [-0.1, -0.05) is 6.07 Å². The van der Waals surface area contributed by atoms with Crippen molar-refractivity contribution in [2.45, 2.75) is 6.92 Å². The van der Waals surface area contributed by atoms with Crippen LogP contribution in [-0.4, -0.2) is 12.6 Å². The van der Waals surface area contributed by atoms with Crippen LogP contribution >= 0.6 is 22.6 Å². The number of ether oxygens (including phenoxy) is 1. The van der Waals surface area contributed by atoms with Gasteiger partial charge in [-0.15, -0.1) is 0 Å². The Kier molecular flexibility index (Phi) is 5.49. The fraction of sp³-hybridized carbons (Fsp3) is 0.167. The first-order chi connectivity index (χ1) is 8.19. The Hall–Kier alpha value is -1.55. The van der Waals surface area contributed by atoms with Gasteiger partial charge in [0.2, 0.25) is 0 Å². The van der Waals surface area contributed by atoms with Gasteiger partial charge in [0.1, 0.15) is 6.07 Å². The van der Waals surface area contributed by atoms with Crippen molar-refractivity contribution in [1.29, 1.82) is 5.26 Å². The first kappa shape index (κ1) is 13.5. The monoisotopic (exact) mass is 342 g/mol. The van der Waals surface area contributed by atoms with Gasteiger partial charge in [0.15, 0.2) is 0 Å². The Morgan fingerprint density at radius 1 is 1.65 bits per heavy atom. The van der Waals surface area contributed by atoms with Crippen LogP contribution in [0.4, 0.5) is 5.69 Å². The molecule has 1 aromatic carbocycles. The first-order valence-electron chi connectivity index (χ1n) is 4.97. The summed E-state index contributed by atoms with van der Waals surface area (Å²) in [5.74, 6) is -0.413. The minimum Gasteiger partial charge on any atom is -0.463 e. The van der Waals surface area contributed by atoms with Gasteiger partial charge in [0.25, 0.3) is 0 Å². The zero-order chi connectivity index (χ0) is 12.7. The minimum atomic E-state index is -0.413. The molecular formula is C12H11IN2O2. The lowest BCUT2D eigenvalue weighted by atomic mass is 10.2. The molecule has 0 bridgehead atoms. The summed E-state index contributed by atoms with van der Waals surface area (Å²) in [5.41, 5.74) is 1.22. The molecule has 1 rings (SSSR count). The molecule has 0 atom stereocenters. The van der Waals surface area contributed by atoms with Crippen molar-refractivity contribution in [3.63, 3.8) is 0 Å². The molecule has 0 aliphatic rings. The number of rotatable bonds is 4. The molecule has 1 aromatic rings. The van der Waals surface area contributed by atoms with E-state index in [0.29, 0.717) is 17.9 Å². The van der Waals surface area contributed by atoms with E-state index >= 15 is 0 Å². The number of nitrogens with zero attached hydrogens (tertiary/aromatic N) is 1. The van der Waals surface area contributed by atoms with Crippen molar-refractivity contribution >= 4 is 34.2 Å². The molecule has 0 aliphatic carbocycles. The van der Waals surface area contributed by atoms with Gasteiger partial charge in [0.05, 0.1) is 17.9 Å². The Morgan fingerprint density at radius 3 is 3.06 bits per heavy atom. The second-order valence-corrected chi connectivity index (χ2v) is 4.17. The van der Waals surface area contributed by atoms with Crippen LogP contribution < -0.4 is 5.32 Å². The van der Waals surface area contributed by atoms with Crippen LogP contribution in [0.15, 0.2) is 30.5 Å². The quantitative estimate of drug-likeness (QED) is 0.519. The van der Waals surface area contributed by atoms with Gasteiger partial charge < -0.3 is 10.1 Å². The predicted octanol–water partition coefficient (Wildman–Crippen LogP) is 2.65.